The first-order valence-electron chi connectivity index (χ1n) is 7.02. The van der Waals surface area contributed by atoms with E-state index in [0.717, 1.165) is 23.9 Å². The highest BCUT2D eigenvalue weighted by Crippen LogP contribution is 2.34. The van der Waals surface area contributed by atoms with Crippen molar-refractivity contribution < 1.29 is 4.79 Å². The maximum absolute atomic E-state index is 12.3. The van der Waals surface area contributed by atoms with Gasteiger partial charge in [0.25, 0.3) is 5.91 Å². The fourth-order valence-electron chi connectivity index (χ4n) is 2.95. The highest BCUT2D eigenvalue weighted by molar-refractivity contribution is 6.28. The predicted molar refractivity (Wildman–Crippen MR) is 78.1 cm³/mol. The molecule has 0 bridgehead atoms. The predicted octanol–water partition coefficient (Wildman–Crippen LogP) is 2.95. The summed E-state index contributed by atoms with van der Waals surface area (Å²) in [6, 6.07) is 2.19. The fourth-order valence-corrected chi connectivity index (χ4v) is 3.07. The van der Waals surface area contributed by atoms with Gasteiger partial charge in [-0.3, -0.25) is 4.79 Å². The lowest BCUT2D eigenvalue weighted by Crippen LogP contribution is -2.26. The summed E-state index contributed by atoms with van der Waals surface area (Å²) in [6.07, 6.45) is 6.23. The second-order valence-corrected chi connectivity index (χ2v) is 5.45. The molecular formula is C14H17ClN4O. The second-order valence-electron chi connectivity index (χ2n) is 5.12. The van der Waals surface area contributed by atoms with Gasteiger partial charge < -0.3 is 9.88 Å². The van der Waals surface area contributed by atoms with Gasteiger partial charge in [0.1, 0.15) is 11.3 Å². The number of carbonyl (C=O) groups excluding carboxylic acids is 1. The van der Waals surface area contributed by atoms with Gasteiger partial charge in [-0.15, -0.1) is 0 Å². The quantitative estimate of drug-likeness (QED) is 0.885. The Hall–Kier alpha value is -1.62. The van der Waals surface area contributed by atoms with E-state index in [1.54, 1.807) is 6.20 Å². The molecule has 2 aromatic rings. The van der Waals surface area contributed by atoms with E-state index in [9.17, 15) is 4.79 Å². The minimum Gasteiger partial charge on any atom is -0.351 e. The first-order valence-corrected chi connectivity index (χ1v) is 7.40. The zero-order valence-electron chi connectivity index (χ0n) is 11.4. The Kier molecular flexibility index (Phi) is 3.61. The third kappa shape index (κ3) is 2.26. The number of hydrogen-bond donors (Lipinski definition) is 1. The molecule has 1 aliphatic rings. The number of fused-ring (bicyclic) bond motifs is 1. The zero-order valence-corrected chi connectivity index (χ0v) is 12.2. The first kappa shape index (κ1) is 13.4. The molecule has 0 unspecified atom stereocenters. The van der Waals surface area contributed by atoms with Gasteiger partial charge in [0.15, 0.2) is 0 Å². The van der Waals surface area contributed by atoms with E-state index in [1.165, 1.54) is 12.8 Å². The van der Waals surface area contributed by atoms with Crippen molar-refractivity contribution in [1.29, 1.82) is 0 Å². The number of rotatable bonds is 3. The Morgan fingerprint density at radius 3 is 2.95 bits per heavy atom. The Morgan fingerprint density at radius 2 is 2.25 bits per heavy atom. The van der Waals surface area contributed by atoms with Crippen LogP contribution in [0.1, 0.15) is 49.1 Å². The van der Waals surface area contributed by atoms with Crippen molar-refractivity contribution in [2.75, 3.05) is 6.54 Å². The number of amides is 1. The minimum atomic E-state index is -0.0616. The summed E-state index contributed by atoms with van der Waals surface area (Å²) in [5, 5.41) is 3.94. The molecule has 106 valence electrons. The number of hydrogen-bond acceptors (Lipinski definition) is 3. The van der Waals surface area contributed by atoms with Crippen LogP contribution in [-0.4, -0.2) is 27.0 Å². The van der Waals surface area contributed by atoms with Crippen molar-refractivity contribution in [3.05, 3.63) is 23.2 Å². The van der Waals surface area contributed by atoms with E-state index in [4.69, 9.17) is 11.6 Å². The van der Waals surface area contributed by atoms with Crippen LogP contribution in [0.5, 0.6) is 0 Å². The monoisotopic (exact) mass is 292 g/mol. The van der Waals surface area contributed by atoms with E-state index in [2.05, 4.69) is 15.3 Å². The summed E-state index contributed by atoms with van der Waals surface area (Å²) in [5.41, 5.74) is 1.42. The highest BCUT2D eigenvalue weighted by atomic mass is 35.5. The van der Waals surface area contributed by atoms with Crippen molar-refractivity contribution in [3.8, 4) is 0 Å². The molecule has 1 amide bonds. The third-order valence-corrected chi connectivity index (χ3v) is 3.99. The smallest absolute Gasteiger partial charge is 0.267 e. The maximum Gasteiger partial charge on any atom is 0.267 e. The summed E-state index contributed by atoms with van der Waals surface area (Å²) in [6.45, 7) is 2.52. The molecule has 1 fully saturated rings. The van der Waals surface area contributed by atoms with E-state index in [1.807, 2.05) is 17.6 Å². The average molecular weight is 293 g/mol. The molecule has 0 aromatic carbocycles. The highest BCUT2D eigenvalue weighted by Gasteiger charge is 2.25. The van der Waals surface area contributed by atoms with Crippen LogP contribution in [-0.2, 0) is 0 Å². The molecule has 0 aliphatic heterocycles. The van der Waals surface area contributed by atoms with Crippen LogP contribution in [0.25, 0.3) is 11.0 Å². The van der Waals surface area contributed by atoms with Crippen LogP contribution >= 0.6 is 11.6 Å². The molecule has 20 heavy (non-hydrogen) atoms. The van der Waals surface area contributed by atoms with Gasteiger partial charge in [-0.1, -0.05) is 12.8 Å². The molecule has 6 heteroatoms. The average Bonchev–Trinajstić information content (AvgIpc) is 3.04. The van der Waals surface area contributed by atoms with Crippen LogP contribution < -0.4 is 5.32 Å². The van der Waals surface area contributed by atoms with E-state index in [-0.39, 0.29) is 11.2 Å². The second kappa shape index (κ2) is 5.40. The van der Waals surface area contributed by atoms with Crippen LogP contribution in [0.3, 0.4) is 0 Å². The number of carbonyl (C=O) groups is 1. The van der Waals surface area contributed by atoms with Crippen molar-refractivity contribution in [3.63, 3.8) is 0 Å². The topological polar surface area (TPSA) is 59.8 Å². The molecule has 1 N–H and O–H groups in total. The van der Waals surface area contributed by atoms with Crippen molar-refractivity contribution in [2.24, 2.45) is 0 Å². The zero-order chi connectivity index (χ0) is 14.1. The maximum atomic E-state index is 12.3. The Balaban J connectivity index is 2.16. The number of nitrogens with zero attached hydrogens (tertiary/aromatic N) is 3. The normalized spacial score (nSPS) is 15.9. The van der Waals surface area contributed by atoms with Gasteiger partial charge in [-0.05, 0) is 37.4 Å². The lowest BCUT2D eigenvalue weighted by atomic mass is 10.2. The van der Waals surface area contributed by atoms with Crippen LogP contribution in [0.4, 0.5) is 0 Å². The van der Waals surface area contributed by atoms with E-state index < -0.39 is 0 Å². The number of nitrogens with one attached hydrogen (secondary N) is 1. The summed E-state index contributed by atoms with van der Waals surface area (Å²) in [7, 11) is 0. The number of aromatic nitrogens is 3. The SMILES string of the molecule is CCNC(=O)c1cc2cnc(Cl)nc2n1C1CCCC1. The molecule has 1 aliphatic carbocycles. The van der Waals surface area contributed by atoms with E-state index in [0.29, 0.717) is 18.3 Å². The summed E-state index contributed by atoms with van der Waals surface area (Å²) >= 11 is 5.91. The van der Waals surface area contributed by atoms with Gasteiger partial charge in [-0.2, -0.15) is 4.98 Å². The van der Waals surface area contributed by atoms with Gasteiger partial charge >= 0.3 is 0 Å². The third-order valence-electron chi connectivity index (χ3n) is 3.81. The van der Waals surface area contributed by atoms with E-state index >= 15 is 0 Å². The number of halogens is 1. The van der Waals surface area contributed by atoms with Crippen LogP contribution in [0.2, 0.25) is 5.28 Å². The molecule has 2 heterocycles. The molecule has 5 nitrogen and oxygen atoms in total. The minimum absolute atomic E-state index is 0.0616. The Labute approximate surface area is 122 Å². The van der Waals surface area contributed by atoms with Gasteiger partial charge in [-0.25, -0.2) is 4.98 Å². The lowest BCUT2D eigenvalue weighted by molar-refractivity contribution is 0.0945. The molecule has 1 saturated carbocycles. The Bertz CT molecular complexity index is 646. The first-order chi connectivity index (χ1) is 9.70. The standard InChI is InChI=1S/C14H17ClN4O/c1-2-16-13(20)11-7-9-8-17-14(15)18-12(9)19(11)10-5-3-4-6-10/h7-8,10H,2-6H2,1H3,(H,16,20). The summed E-state index contributed by atoms with van der Waals surface area (Å²) in [5.74, 6) is -0.0616. The summed E-state index contributed by atoms with van der Waals surface area (Å²) < 4.78 is 2.04. The molecule has 0 saturated heterocycles. The van der Waals surface area contributed by atoms with Crippen molar-refractivity contribution in [1.82, 2.24) is 19.9 Å². The van der Waals surface area contributed by atoms with Crippen LogP contribution in [0, 0.1) is 0 Å². The molecular weight excluding hydrogens is 276 g/mol. The Morgan fingerprint density at radius 1 is 1.50 bits per heavy atom. The van der Waals surface area contributed by atoms with Crippen molar-refractivity contribution >= 4 is 28.5 Å². The molecule has 0 spiro atoms. The lowest BCUT2D eigenvalue weighted by Gasteiger charge is -2.16. The summed E-state index contributed by atoms with van der Waals surface area (Å²) in [4.78, 5) is 20.6. The molecule has 2 aromatic heterocycles. The van der Waals surface area contributed by atoms with Gasteiger partial charge in [0, 0.05) is 24.2 Å². The van der Waals surface area contributed by atoms with Gasteiger partial charge in [0.2, 0.25) is 5.28 Å². The fraction of sp³-hybridized carbons (Fsp3) is 0.500. The van der Waals surface area contributed by atoms with Gasteiger partial charge in [0.05, 0.1) is 0 Å². The van der Waals surface area contributed by atoms with Crippen molar-refractivity contribution in [2.45, 2.75) is 38.6 Å². The van der Waals surface area contributed by atoms with Crippen LogP contribution in [0.15, 0.2) is 12.3 Å². The molecule has 3 rings (SSSR count). The molecule has 0 radical (unpaired) electrons. The molecule has 0 atom stereocenters. The largest absolute Gasteiger partial charge is 0.351 e.